The van der Waals surface area contributed by atoms with Crippen molar-refractivity contribution in [2.75, 3.05) is 19.0 Å². The number of anilines is 1. The van der Waals surface area contributed by atoms with Crippen molar-refractivity contribution in [1.82, 2.24) is 9.97 Å². The Balaban J connectivity index is 1.73. The van der Waals surface area contributed by atoms with E-state index >= 15 is 0 Å². The first-order chi connectivity index (χ1) is 15.4. The number of amides is 1. The number of methoxy groups -OCH3 is 1. The molecule has 0 saturated carbocycles. The zero-order valence-electron chi connectivity index (χ0n) is 17.5. The van der Waals surface area contributed by atoms with Crippen LogP contribution in [0.25, 0.3) is 21.3 Å². The molecule has 1 N–H and O–H groups in total. The molecular weight excluding hydrogens is 453 g/mol. The fourth-order valence-electron chi connectivity index (χ4n) is 3.28. The maximum absolute atomic E-state index is 15.0. The smallest absolute Gasteiger partial charge is 0.259 e. The van der Waals surface area contributed by atoms with Crippen molar-refractivity contribution in [1.29, 1.82) is 0 Å². The largest absolute Gasteiger partial charge is 0.496 e. The summed E-state index contributed by atoms with van der Waals surface area (Å²) in [5, 5.41) is 3.13. The lowest BCUT2D eigenvalue weighted by molar-refractivity contribution is 0.102. The number of carbonyl (C=O) groups excluding carboxylic acids is 1. The Bertz CT molecular complexity index is 1330. The minimum absolute atomic E-state index is 0.0714. The highest BCUT2D eigenvalue weighted by Crippen LogP contribution is 2.38. The molecule has 2 heterocycles. The van der Waals surface area contributed by atoms with Crippen LogP contribution in [0.5, 0.6) is 11.5 Å². The molecule has 0 radical (unpaired) electrons. The van der Waals surface area contributed by atoms with Gasteiger partial charge in [0.05, 0.1) is 40.1 Å². The van der Waals surface area contributed by atoms with Crippen LogP contribution in [-0.4, -0.2) is 29.6 Å². The molecular formula is C23H19ClFN3O3S. The molecule has 4 aromatic rings. The van der Waals surface area contributed by atoms with E-state index < -0.39 is 11.7 Å². The van der Waals surface area contributed by atoms with Crippen molar-refractivity contribution in [2.45, 2.75) is 13.8 Å². The fourth-order valence-corrected chi connectivity index (χ4v) is 4.28. The monoisotopic (exact) mass is 471 g/mol. The van der Waals surface area contributed by atoms with E-state index in [-0.39, 0.29) is 21.9 Å². The van der Waals surface area contributed by atoms with E-state index in [9.17, 15) is 9.18 Å². The third-order valence-electron chi connectivity index (χ3n) is 4.72. The molecule has 0 aliphatic heterocycles. The minimum Gasteiger partial charge on any atom is -0.496 e. The molecule has 0 atom stereocenters. The summed E-state index contributed by atoms with van der Waals surface area (Å²) in [6.07, 6.45) is 1.40. The molecule has 0 spiro atoms. The Morgan fingerprint density at radius 1 is 1.25 bits per heavy atom. The second kappa shape index (κ2) is 9.10. The number of rotatable bonds is 6. The number of halogens is 2. The lowest BCUT2D eigenvalue weighted by atomic mass is 9.98. The number of nitrogens with zero attached hydrogens (tertiary/aromatic N) is 2. The van der Waals surface area contributed by atoms with Crippen molar-refractivity contribution in [3.05, 3.63) is 64.7 Å². The van der Waals surface area contributed by atoms with Gasteiger partial charge in [-0.1, -0.05) is 22.9 Å². The molecule has 0 fully saturated rings. The van der Waals surface area contributed by atoms with Gasteiger partial charge in [0.25, 0.3) is 5.91 Å². The molecule has 1 amide bonds. The Labute approximate surface area is 193 Å². The molecule has 2 aromatic heterocycles. The maximum atomic E-state index is 15.0. The number of benzene rings is 2. The van der Waals surface area contributed by atoms with Crippen molar-refractivity contribution in [3.8, 4) is 22.6 Å². The standard InChI is InChI=1S/C23H19ClFN3O3S/c1-4-31-13-5-8-19-17(10-13)27-23(32-19)28-22(29)15-11-26-12(2)9-14(15)20-18(30-3)7-6-16(24)21(20)25/h5-11H,4H2,1-3H3,(H,27,28,29). The van der Waals surface area contributed by atoms with Gasteiger partial charge in [0.15, 0.2) is 10.9 Å². The first-order valence-corrected chi connectivity index (χ1v) is 10.9. The van der Waals surface area contributed by atoms with Crippen LogP contribution in [0.2, 0.25) is 5.02 Å². The number of fused-ring (bicyclic) bond motifs is 1. The number of aryl methyl sites for hydroxylation is 1. The molecule has 6 nitrogen and oxygen atoms in total. The van der Waals surface area contributed by atoms with Gasteiger partial charge in [-0.05, 0) is 44.2 Å². The summed E-state index contributed by atoms with van der Waals surface area (Å²) >= 11 is 7.34. The third-order valence-corrected chi connectivity index (χ3v) is 5.97. The summed E-state index contributed by atoms with van der Waals surface area (Å²) in [6, 6.07) is 10.1. The van der Waals surface area contributed by atoms with E-state index in [1.165, 1.54) is 30.7 Å². The van der Waals surface area contributed by atoms with Crippen LogP contribution in [0, 0.1) is 12.7 Å². The van der Waals surface area contributed by atoms with Crippen LogP contribution < -0.4 is 14.8 Å². The predicted octanol–water partition coefficient (Wildman–Crippen LogP) is 6.12. The van der Waals surface area contributed by atoms with Gasteiger partial charge in [-0.15, -0.1) is 0 Å². The molecule has 32 heavy (non-hydrogen) atoms. The fraction of sp³-hybridized carbons (Fsp3) is 0.174. The summed E-state index contributed by atoms with van der Waals surface area (Å²) in [7, 11) is 1.43. The first-order valence-electron chi connectivity index (χ1n) is 9.75. The second-order valence-corrected chi connectivity index (χ2v) is 8.28. The van der Waals surface area contributed by atoms with Gasteiger partial charge in [-0.25, -0.2) is 9.37 Å². The summed E-state index contributed by atoms with van der Waals surface area (Å²) in [6.45, 7) is 4.21. The van der Waals surface area contributed by atoms with E-state index in [1.54, 1.807) is 19.1 Å². The average Bonchev–Trinajstić information content (AvgIpc) is 3.17. The Kier molecular flexibility index (Phi) is 6.25. The van der Waals surface area contributed by atoms with Crippen LogP contribution in [0.3, 0.4) is 0 Å². The molecule has 0 bridgehead atoms. The Morgan fingerprint density at radius 3 is 2.81 bits per heavy atom. The third kappa shape index (κ3) is 4.24. The van der Waals surface area contributed by atoms with Gasteiger partial charge >= 0.3 is 0 Å². The van der Waals surface area contributed by atoms with Crippen molar-refractivity contribution < 1.29 is 18.7 Å². The van der Waals surface area contributed by atoms with E-state index in [1.807, 2.05) is 25.1 Å². The number of hydrogen-bond acceptors (Lipinski definition) is 6. The van der Waals surface area contributed by atoms with Gasteiger partial charge in [0, 0.05) is 23.5 Å². The number of ether oxygens (including phenoxy) is 2. The lowest BCUT2D eigenvalue weighted by Gasteiger charge is -2.14. The van der Waals surface area contributed by atoms with Gasteiger partial charge in [-0.3, -0.25) is 15.1 Å². The number of carbonyl (C=O) groups is 1. The van der Waals surface area contributed by atoms with Crippen LogP contribution in [0.1, 0.15) is 23.0 Å². The summed E-state index contributed by atoms with van der Waals surface area (Å²) in [4.78, 5) is 21.8. The van der Waals surface area contributed by atoms with E-state index in [0.29, 0.717) is 34.3 Å². The predicted molar refractivity (Wildman–Crippen MR) is 125 cm³/mol. The van der Waals surface area contributed by atoms with Gasteiger partial charge < -0.3 is 9.47 Å². The molecule has 0 aliphatic rings. The number of thiazole rings is 1. The first kappa shape index (κ1) is 22.0. The summed E-state index contributed by atoms with van der Waals surface area (Å²) in [5.74, 6) is -0.182. The van der Waals surface area contributed by atoms with Crippen molar-refractivity contribution >= 4 is 44.2 Å². The second-order valence-electron chi connectivity index (χ2n) is 6.85. The Hall–Kier alpha value is -3.23. The van der Waals surface area contributed by atoms with Crippen LogP contribution in [-0.2, 0) is 0 Å². The number of hydrogen-bond donors (Lipinski definition) is 1. The number of pyridine rings is 1. The lowest BCUT2D eigenvalue weighted by Crippen LogP contribution is -2.14. The highest BCUT2D eigenvalue weighted by Gasteiger charge is 2.22. The SMILES string of the molecule is CCOc1ccc2sc(NC(=O)c3cnc(C)cc3-c3c(OC)ccc(Cl)c3F)nc2c1. The van der Waals surface area contributed by atoms with E-state index in [4.69, 9.17) is 21.1 Å². The molecule has 9 heteroatoms. The van der Waals surface area contributed by atoms with Gasteiger partial charge in [0.2, 0.25) is 0 Å². The van der Waals surface area contributed by atoms with Crippen molar-refractivity contribution in [2.24, 2.45) is 0 Å². The molecule has 0 unspecified atom stereocenters. The van der Waals surface area contributed by atoms with Crippen LogP contribution in [0.15, 0.2) is 42.6 Å². The topological polar surface area (TPSA) is 73.3 Å². The normalized spacial score (nSPS) is 10.9. The van der Waals surface area contributed by atoms with Crippen LogP contribution in [0.4, 0.5) is 9.52 Å². The summed E-state index contributed by atoms with van der Waals surface area (Å²) in [5.41, 5.74) is 1.92. The number of aromatic nitrogens is 2. The molecule has 0 saturated heterocycles. The zero-order chi connectivity index (χ0) is 22.8. The van der Waals surface area contributed by atoms with E-state index in [2.05, 4.69) is 15.3 Å². The quantitative estimate of drug-likeness (QED) is 0.367. The zero-order valence-corrected chi connectivity index (χ0v) is 19.1. The number of nitrogens with one attached hydrogen (secondary N) is 1. The maximum Gasteiger partial charge on any atom is 0.259 e. The van der Waals surface area contributed by atoms with Gasteiger partial charge in [-0.2, -0.15) is 0 Å². The van der Waals surface area contributed by atoms with Gasteiger partial charge in [0.1, 0.15) is 11.5 Å². The molecule has 0 aliphatic carbocycles. The van der Waals surface area contributed by atoms with Crippen molar-refractivity contribution in [3.63, 3.8) is 0 Å². The molecule has 2 aromatic carbocycles. The Morgan fingerprint density at radius 2 is 2.06 bits per heavy atom. The highest BCUT2D eigenvalue weighted by atomic mass is 35.5. The van der Waals surface area contributed by atoms with E-state index in [0.717, 1.165) is 4.70 Å². The molecule has 164 valence electrons. The highest BCUT2D eigenvalue weighted by molar-refractivity contribution is 7.22. The minimum atomic E-state index is -0.672. The van der Waals surface area contributed by atoms with Crippen LogP contribution >= 0.6 is 22.9 Å². The summed E-state index contributed by atoms with van der Waals surface area (Å²) < 4.78 is 26.7. The molecule has 4 rings (SSSR count). The average molecular weight is 472 g/mol.